The first-order chi connectivity index (χ1) is 19.9. The van der Waals surface area contributed by atoms with Gasteiger partial charge < -0.3 is 37.5 Å². The summed E-state index contributed by atoms with van der Waals surface area (Å²) in [6, 6.07) is 13.4. The molecule has 11 heteroatoms. The normalized spacial score (nSPS) is 22.6. The first-order valence-electron chi connectivity index (χ1n) is 14.8. The lowest BCUT2D eigenvalue weighted by Gasteiger charge is -2.31. The Hall–Kier alpha value is -3.09. The number of carbonyl (C=O) groups is 3. The lowest BCUT2D eigenvalue weighted by molar-refractivity contribution is -0.129. The lowest BCUT2D eigenvalue weighted by atomic mass is 9.77. The topological polar surface area (TPSA) is 183 Å². The molecule has 1 aliphatic carbocycles. The maximum atomic E-state index is 13.5. The SMILES string of the molecule is CC1(C)OB(O)c2cc(CC(=O)[C@@H](CCc3ccccc3)NC(=O)[C@@H](N)CCC(=O)NC3C[C@@H](N)C[C@@H](N)C3)ccc21. The second-order valence-electron chi connectivity index (χ2n) is 12.3. The zero-order chi connectivity index (χ0) is 30.4. The van der Waals surface area contributed by atoms with Crippen molar-refractivity contribution in [3.05, 3.63) is 65.2 Å². The van der Waals surface area contributed by atoms with Gasteiger partial charge in [0.05, 0.1) is 17.7 Å². The van der Waals surface area contributed by atoms with Crippen LogP contribution in [0.1, 0.15) is 69.1 Å². The second-order valence-corrected chi connectivity index (χ2v) is 12.3. The largest absolute Gasteiger partial charge is 0.492 e. The standard InChI is InChI=1S/C31H44BN5O5/c1-31(2)24-10-8-20(14-25(24)32(41)42-31)15-28(38)27(12-9-19-6-4-3-5-7-19)37-30(40)26(35)11-13-29(39)36-23-17-21(33)16-22(34)18-23/h3-8,10,14,21-23,26-27,41H,9,11-13,15-18,33-35H2,1-2H3,(H,36,39)(H,37,40)/t21-,22+,23?,26-,27+/m0/s1. The third-order valence-corrected chi connectivity index (χ3v) is 8.25. The third kappa shape index (κ3) is 8.48. The summed E-state index contributed by atoms with van der Waals surface area (Å²) >= 11 is 0. The van der Waals surface area contributed by atoms with Crippen molar-refractivity contribution in [3.8, 4) is 0 Å². The van der Waals surface area contributed by atoms with Crippen LogP contribution in [0.5, 0.6) is 0 Å². The van der Waals surface area contributed by atoms with E-state index in [0.717, 1.165) is 23.1 Å². The van der Waals surface area contributed by atoms with E-state index in [2.05, 4.69) is 10.6 Å². The number of fused-ring (bicyclic) bond motifs is 1. The first kappa shape index (κ1) is 31.8. The summed E-state index contributed by atoms with van der Waals surface area (Å²) in [4.78, 5) is 39.1. The number of rotatable bonds is 12. The van der Waals surface area contributed by atoms with Gasteiger partial charge in [-0.25, -0.2) is 0 Å². The number of nitrogens with two attached hydrogens (primary N) is 3. The Labute approximate surface area is 248 Å². The number of ketones is 1. The highest BCUT2D eigenvalue weighted by Gasteiger charge is 2.40. The zero-order valence-corrected chi connectivity index (χ0v) is 24.6. The van der Waals surface area contributed by atoms with Crippen LogP contribution in [0.25, 0.3) is 0 Å². The molecule has 2 aromatic carbocycles. The number of hydrogen-bond acceptors (Lipinski definition) is 8. The van der Waals surface area contributed by atoms with E-state index in [9.17, 15) is 19.4 Å². The Bertz CT molecular complexity index is 1250. The van der Waals surface area contributed by atoms with E-state index in [4.69, 9.17) is 21.9 Å². The van der Waals surface area contributed by atoms with Gasteiger partial charge in [-0.15, -0.1) is 0 Å². The fraction of sp³-hybridized carbons (Fsp3) is 0.516. The predicted molar refractivity (Wildman–Crippen MR) is 163 cm³/mol. The minimum Gasteiger partial charge on any atom is -0.423 e. The molecule has 1 saturated carbocycles. The highest BCUT2D eigenvalue weighted by molar-refractivity contribution is 6.62. The van der Waals surface area contributed by atoms with Crippen molar-refractivity contribution in [1.29, 1.82) is 0 Å². The van der Waals surface area contributed by atoms with Crippen molar-refractivity contribution in [1.82, 2.24) is 10.6 Å². The Kier molecular flexibility index (Phi) is 10.6. The summed E-state index contributed by atoms with van der Waals surface area (Å²) in [5.74, 6) is -0.843. The molecule has 0 spiro atoms. The van der Waals surface area contributed by atoms with Crippen LogP contribution in [0, 0.1) is 0 Å². The molecular formula is C31H44BN5O5. The molecule has 1 fully saturated rings. The second kappa shape index (κ2) is 13.9. The third-order valence-electron chi connectivity index (χ3n) is 8.25. The minimum atomic E-state index is -1.06. The summed E-state index contributed by atoms with van der Waals surface area (Å²) in [7, 11) is -1.06. The number of amides is 2. The molecule has 1 aliphatic heterocycles. The number of nitrogens with one attached hydrogen (secondary N) is 2. The molecule has 5 atom stereocenters. The highest BCUT2D eigenvalue weighted by Crippen LogP contribution is 2.30. The number of benzene rings is 2. The van der Waals surface area contributed by atoms with Gasteiger partial charge in [0.2, 0.25) is 11.8 Å². The maximum absolute atomic E-state index is 13.5. The van der Waals surface area contributed by atoms with E-state index in [0.29, 0.717) is 31.1 Å². The van der Waals surface area contributed by atoms with Crippen LogP contribution in [0.2, 0.25) is 0 Å². The molecule has 0 aromatic heterocycles. The van der Waals surface area contributed by atoms with Gasteiger partial charge in [-0.3, -0.25) is 14.4 Å². The van der Waals surface area contributed by atoms with Gasteiger partial charge in [0, 0.05) is 31.0 Å². The van der Waals surface area contributed by atoms with Gasteiger partial charge in [0.15, 0.2) is 5.78 Å². The van der Waals surface area contributed by atoms with Gasteiger partial charge >= 0.3 is 7.12 Å². The summed E-state index contributed by atoms with van der Waals surface area (Å²) in [6.45, 7) is 3.77. The summed E-state index contributed by atoms with van der Waals surface area (Å²) in [5.41, 5.74) is 20.9. The zero-order valence-electron chi connectivity index (χ0n) is 24.6. The summed E-state index contributed by atoms with van der Waals surface area (Å²) in [6.07, 6.45) is 3.36. The van der Waals surface area contributed by atoms with E-state index < -0.39 is 30.7 Å². The number of hydrogen-bond donors (Lipinski definition) is 6. The van der Waals surface area contributed by atoms with Gasteiger partial charge in [-0.2, -0.15) is 0 Å². The van der Waals surface area contributed by atoms with Gasteiger partial charge in [-0.05, 0) is 74.5 Å². The smallest absolute Gasteiger partial charge is 0.423 e. The van der Waals surface area contributed by atoms with Gasteiger partial charge in [-0.1, -0.05) is 48.5 Å². The molecule has 42 heavy (non-hydrogen) atoms. The Morgan fingerprint density at radius 3 is 2.40 bits per heavy atom. The fourth-order valence-corrected chi connectivity index (χ4v) is 6.00. The average Bonchev–Trinajstić information content (AvgIpc) is 3.16. The van der Waals surface area contributed by atoms with Crippen molar-refractivity contribution in [2.24, 2.45) is 17.2 Å². The minimum absolute atomic E-state index is 0.0421. The molecule has 0 radical (unpaired) electrons. The van der Waals surface area contributed by atoms with Crippen molar-refractivity contribution in [2.45, 2.75) is 101 Å². The molecule has 226 valence electrons. The predicted octanol–water partition coefficient (Wildman–Crippen LogP) is 0.299. The van der Waals surface area contributed by atoms with E-state index in [1.54, 1.807) is 6.07 Å². The van der Waals surface area contributed by atoms with Crippen molar-refractivity contribution in [2.75, 3.05) is 0 Å². The molecule has 0 saturated heterocycles. The van der Waals surface area contributed by atoms with Crippen molar-refractivity contribution < 1.29 is 24.1 Å². The van der Waals surface area contributed by atoms with Gasteiger partial charge in [0.25, 0.3) is 0 Å². The molecule has 2 aromatic rings. The monoisotopic (exact) mass is 577 g/mol. The van der Waals surface area contributed by atoms with Crippen LogP contribution >= 0.6 is 0 Å². The molecule has 0 bridgehead atoms. The quantitative estimate of drug-likeness (QED) is 0.195. The Balaban J connectivity index is 1.36. The lowest BCUT2D eigenvalue weighted by Crippen LogP contribution is -2.50. The van der Waals surface area contributed by atoms with Crippen LogP contribution < -0.4 is 33.3 Å². The van der Waals surface area contributed by atoms with Crippen LogP contribution in [-0.4, -0.2) is 59.9 Å². The van der Waals surface area contributed by atoms with Gasteiger partial charge in [0.1, 0.15) is 0 Å². The Morgan fingerprint density at radius 2 is 1.71 bits per heavy atom. The van der Waals surface area contributed by atoms with Crippen molar-refractivity contribution in [3.63, 3.8) is 0 Å². The van der Waals surface area contributed by atoms with E-state index in [1.165, 1.54) is 0 Å². The van der Waals surface area contributed by atoms with Crippen molar-refractivity contribution >= 4 is 30.2 Å². The van der Waals surface area contributed by atoms with Crippen LogP contribution in [0.4, 0.5) is 0 Å². The number of aryl methyl sites for hydroxylation is 1. The molecule has 10 nitrogen and oxygen atoms in total. The van der Waals surface area contributed by atoms with Crippen LogP contribution in [0.15, 0.2) is 48.5 Å². The molecule has 1 unspecified atom stereocenters. The van der Waals surface area contributed by atoms with E-state index >= 15 is 0 Å². The Morgan fingerprint density at radius 1 is 1.02 bits per heavy atom. The van der Waals surface area contributed by atoms with E-state index in [-0.39, 0.29) is 49.1 Å². The summed E-state index contributed by atoms with van der Waals surface area (Å²) < 4.78 is 5.64. The average molecular weight is 578 g/mol. The number of Topliss-reactive ketones (excluding diaryl/α,β-unsaturated/α-hetero) is 1. The highest BCUT2D eigenvalue weighted by atomic mass is 16.5. The molecule has 4 rings (SSSR count). The van der Waals surface area contributed by atoms with Crippen LogP contribution in [-0.2, 0) is 37.5 Å². The fourth-order valence-electron chi connectivity index (χ4n) is 6.00. The molecule has 2 amide bonds. The molecule has 9 N–H and O–H groups in total. The maximum Gasteiger partial charge on any atom is 0.492 e. The first-order valence-corrected chi connectivity index (χ1v) is 14.8. The van der Waals surface area contributed by atoms with E-state index in [1.807, 2.05) is 56.3 Å². The van der Waals surface area contributed by atoms with Crippen LogP contribution in [0.3, 0.4) is 0 Å². The number of carbonyl (C=O) groups excluding carboxylic acids is 3. The molecule has 2 aliphatic rings. The molecule has 1 heterocycles. The summed E-state index contributed by atoms with van der Waals surface area (Å²) in [5, 5.41) is 16.2. The molecular weight excluding hydrogens is 533 g/mol.